The van der Waals surface area contributed by atoms with Gasteiger partial charge in [-0.15, -0.1) is 0 Å². The topological polar surface area (TPSA) is 44.8 Å². The summed E-state index contributed by atoms with van der Waals surface area (Å²) in [4.78, 5) is 11.9. The molecule has 0 radical (unpaired) electrons. The molecule has 0 amide bonds. The fourth-order valence-electron chi connectivity index (χ4n) is 2.43. The zero-order valence-corrected chi connectivity index (χ0v) is 16.3. The minimum Gasteiger partial charge on any atom is -0.469 e. The lowest BCUT2D eigenvalue weighted by atomic mass is 9.66. The van der Waals surface area contributed by atoms with Gasteiger partial charge in [0.25, 0.3) is 0 Å². The number of esters is 1. The third kappa shape index (κ3) is 3.93. The van der Waals surface area contributed by atoms with E-state index >= 15 is 0 Å². The van der Waals surface area contributed by atoms with Gasteiger partial charge < -0.3 is 14.0 Å². The van der Waals surface area contributed by atoms with Crippen LogP contribution in [0.3, 0.4) is 0 Å². The van der Waals surface area contributed by atoms with Gasteiger partial charge in [-0.05, 0) is 61.3 Å². The third-order valence-corrected chi connectivity index (χ3v) is 5.80. The number of halogens is 2. The lowest BCUT2D eigenvalue weighted by Gasteiger charge is -2.32. The van der Waals surface area contributed by atoms with E-state index < -0.39 is 18.3 Å². The molecule has 0 bridgehead atoms. The molecule has 1 aliphatic heterocycles. The first kappa shape index (κ1) is 18.8. The van der Waals surface area contributed by atoms with Crippen LogP contribution in [0.1, 0.15) is 45.5 Å². The van der Waals surface area contributed by atoms with Gasteiger partial charge in [0.05, 0.1) is 29.8 Å². The van der Waals surface area contributed by atoms with E-state index in [0.29, 0.717) is 5.02 Å². The van der Waals surface area contributed by atoms with Crippen LogP contribution in [-0.4, -0.2) is 31.4 Å². The summed E-state index contributed by atoms with van der Waals surface area (Å²) in [5.41, 5.74) is -0.0176. The Labute approximate surface area is 151 Å². The molecule has 0 N–H and O–H groups in total. The SMILES string of the molecule is COC(=O)CC(B1OC(C)(C)C(C)(C)O1)c1ccc(Cl)c(Br)c1. The van der Waals surface area contributed by atoms with Crippen molar-refractivity contribution in [2.45, 2.75) is 51.1 Å². The summed E-state index contributed by atoms with van der Waals surface area (Å²) in [5.74, 6) is -0.590. The number of benzene rings is 1. The second kappa shape index (κ2) is 6.75. The number of carbonyl (C=O) groups excluding carboxylic acids is 1. The molecule has 1 aromatic carbocycles. The van der Waals surface area contributed by atoms with Crippen molar-refractivity contribution in [3.63, 3.8) is 0 Å². The maximum absolute atomic E-state index is 11.9. The fraction of sp³-hybridized carbons (Fsp3) is 0.562. The lowest BCUT2D eigenvalue weighted by molar-refractivity contribution is -0.140. The molecular weight excluding hydrogens is 382 g/mol. The predicted octanol–water partition coefficient (Wildman–Crippen LogP) is 4.38. The summed E-state index contributed by atoms with van der Waals surface area (Å²) >= 11 is 9.49. The van der Waals surface area contributed by atoms with Crippen molar-refractivity contribution in [1.29, 1.82) is 0 Å². The molecule has 0 aromatic heterocycles. The molecule has 0 saturated carbocycles. The van der Waals surface area contributed by atoms with Crippen molar-refractivity contribution < 1.29 is 18.8 Å². The van der Waals surface area contributed by atoms with Crippen LogP contribution < -0.4 is 0 Å². The van der Waals surface area contributed by atoms with Gasteiger partial charge in [0.15, 0.2) is 0 Å². The zero-order valence-electron chi connectivity index (χ0n) is 14.0. The molecule has 4 nitrogen and oxygen atoms in total. The lowest BCUT2D eigenvalue weighted by Crippen LogP contribution is -2.41. The smallest absolute Gasteiger partial charge is 0.466 e. The predicted molar refractivity (Wildman–Crippen MR) is 94.6 cm³/mol. The summed E-state index contributed by atoms with van der Waals surface area (Å²) in [6.07, 6.45) is 0.168. The van der Waals surface area contributed by atoms with Crippen molar-refractivity contribution in [3.05, 3.63) is 33.3 Å². The normalized spacial score (nSPS) is 20.4. The Balaban J connectivity index is 2.35. The molecule has 1 saturated heterocycles. The van der Waals surface area contributed by atoms with Crippen molar-refractivity contribution >= 4 is 40.6 Å². The molecule has 126 valence electrons. The summed E-state index contributed by atoms with van der Waals surface area (Å²) in [6.45, 7) is 7.94. The summed E-state index contributed by atoms with van der Waals surface area (Å²) in [7, 11) is 0.841. The summed E-state index contributed by atoms with van der Waals surface area (Å²) in [6, 6.07) is 5.56. The molecule has 7 heteroatoms. The van der Waals surface area contributed by atoms with Gasteiger partial charge in [0, 0.05) is 10.3 Å². The highest BCUT2D eigenvalue weighted by atomic mass is 79.9. The quantitative estimate of drug-likeness (QED) is 0.553. The minimum absolute atomic E-state index is 0.168. The average molecular weight is 404 g/mol. The molecule has 1 fully saturated rings. The summed E-state index contributed by atoms with van der Waals surface area (Å²) in [5, 5.41) is 0.611. The van der Waals surface area contributed by atoms with Crippen molar-refractivity contribution in [1.82, 2.24) is 0 Å². The van der Waals surface area contributed by atoms with Gasteiger partial charge in [-0.3, -0.25) is 4.79 Å². The minimum atomic E-state index is -0.535. The molecule has 0 spiro atoms. The van der Waals surface area contributed by atoms with Crippen LogP contribution in [0.25, 0.3) is 0 Å². The second-order valence-electron chi connectivity index (χ2n) is 6.69. The Morgan fingerprint density at radius 3 is 2.35 bits per heavy atom. The van der Waals surface area contributed by atoms with E-state index in [1.165, 1.54) is 7.11 Å². The van der Waals surface area contributed by atoms with Crippen LogP contribution in [0, 0.1) is 0 Å². The Bertz CT molecular complexity index is 590. The standard InChI is InChI=1S/C16H21BBrClO4/c1-15(2)16(3,4)23-17(22-15)11(9-14(20)21-5)10-6-7-13(19)12(18)8-10/h6-8,11H,9H2,1-5H3. The van der Waals surface area contributed by atoms with Gasteiger partial charge in [0.1, 0.15) is 0 Å². The van der Waals surface area contributed by atoms with Crippen molar-refractivity contribution in [3.8, 4) is 0 Å². The van der Waals surface area contributed by atoms with E-state index in [9.17, 15) is 4.79 Å². The monoisotopic (exact) mass is 402 g/mol. The average Bonchev–Trinajstić information content (AvgIpc) is 2.67. The van der Waals surface area contributed by atoms with Crippen molar-refractivity contribution in [2.75, 3.05) is 7.11 Å². The molecule has 1 unspecified atom stereocenters. The number of hydrogen-bond donors (Lipinski definition) is 0. The Hall–Kier alpha value is -0.555. The molecular formula is C16H21BBrClO4. The molecule has 2 rings (SSSR count). The molecule has 1 aromatic rings. The van der Waals surface area contributed by atoms with E-state index in [-0.39, 0.29) is 18.2 Å². The number of hydrogen-bond acceptors (Lipinski definition) is 4. The maximum atomic E-state index is 11.9. The van der Waals surface area contributed by atoms with Gasteiger partial charge in [-0.25, -0.2) is 0 Å². The number of ether oxygens (including phenoxy) is 1. The number of rotatable bonds is 4. The van der Waals surface area contributed by atoms with Crippen molar-refractivity contribution in [2.24, 2.45) is 0 Å². The highest BCUT2D eigenvalue weighted by Gasteiger charge is 2.54. The first-order chi connectivity index (χ1) is 10.6. The van der Waals surface area contributed by atoms with Crippen LogP contribution in [0.5, 0.6) is 0 Å². The fourth-order valence-corrected chi connectivity index (χ4v) is 2.94. The maximum Gasteiger partial charge on any atom is 0.466 e. The first-order valence-corrected chi connectivity index (χ1v) is 8.62. The van der Waals surface area contributed by atoms with E-state index in [1.54, 1.807) is 6.07 Å². The third-order valence-electron chi connectivity index (χ3n) is 4.59. The molecule has 1 aliphatic rings. The Morgan fingerprint density at radius 1 is 1.30 bits per heavy atom. The van der Waals surface area contributed by atoms with Gasteiger partial charge in [0.2, 0.25) is 0 Å². The largest absolute Gasteiger partial charge is 0.469 e. The van der Waals surface area contributed by atoms with Crippen LogP contribution in [0.2, 0.25) is 5.02 Å². The number of carbonyl (C=O) groups is 1. The van der Waals surface area contributed by atoms with Crippen LogP contribution >= 0.6 is 27.5 Å². The highest BCUT2D eigenvalue weighted by Crippen LogP contribution is 2.42. The Kier molecular flexibility index (Phi) is 5.51. The molecule has 1 heterocycles. The molecule has 1 atom stereocenters. The van der Waals surface area contributed by atoms with Crippen LogP contribution in [0.4, 0.5) is 0 Å². The highest BCUT2D eigenvalue weighted by molar-refractivity contribution is 9.10. The van der Waals surface area contributed by atoms with E-state index in [2.05, 4.69) is 15.9 Å². The van der Waals surface area contributed by atoms with Crippen LogP contribution in [-0.2, 0) is 18.8 Å². The van der Waals surface area contributed by atoms with Gasteiger partial charge in [-0.1, -0.05) is 17.7 Å². The summed E-state index contributed by atoms with van der Waals surface area (Å²) < 4.78 is 17.8. The van der Waals surface area contributed by atoms with E-state index in [1.807, 2.05) is 39.8 Å². The number of methoxy groups -OCH3 is 1. The van der Waals surface area contributed by atoms with Crippen LogP contribution in [0.15, 0.2) is 22.7 Å². The van der Waals surface area contributed by atoms with Gasteiger partial charge >= 0.3 is 13.1 Å². The molecule has 0 aliphatic carbocycles. The van der Waals surface area contributed by atoms with E-state index in [0.717, 1.165) is 10.0 Å². The second-order valence-corrected chi connectivity index (χ2v) is 7.95. The molecule has 23 heavy (non-hydrogen) atoms. The first-order valence-electron chi connectivity index (χ1n) is 7.45. The van der Waals surface area contributed by atoms with Gasteiger partial charge in [-0.2, -0.15) is 0 Å². The Morgan fingerprint density at radius 2 is 1.87 bits per heavy atom. The zero-order chi connectivity index (χ0) is 17.4. The van der Waals surface area contributed by atoms with E-state index in [4.69, 9.17) is 25.6 Å².